The third-order valence-corrected chi connectivity index (χ3v) is 3.31. The highest BCUT2D eigenvalue weighted by atomic mass is 32.2. The minimum Gasteiger partial charge on any atom is -0.612 e. The summed E-state index contributed by atoms with van der Waals surface area (Å²) in [6.07, 6.45) is -0.464. The molecule has 0 amide bonds. The highest BCUT2D eigenvalue weighted by molar-refractivity contribution is 7.90. The van der Waals surface area contributed by atoms with Crippen molar-refractivity contribution in [2.75, 3.05) is 6.26 Å². The molecule has 0 saturated carbocycles. The highest BCUT2D eigenvalue weighted by Gasteiger charge is 2.18. The van der Waals surface area contributed by atoms with Crippen LogP contribution in [0, 0.1) is 5.92 Å². The van der Waals surface area contributed by atoms with Gasteiger partial charge < -0.3 is 18.8 Å². The van der Waals surface area contributed by atoms with Gasteiger partial charge in [0, 0.05) is 6.92 Å². The molecule has 0 fully saturated rings. The molecule has 7 heteroatoms. The first-order valence-electron chi connectivity index (χ1n) is 6.32. The Morgan fingerprint density at radius 2 is 1.67 bits per heavy atom. The Hall–Kier alpha value is -1.73. The normalized spacial score (nSPS) is 13.4. The van der Waals surface area contributed by atoms with Crippen LogP contribution in [0.2, 0.25) is 0 Å². The van der Waals surface area contributed by atoms with E-state index in [2.05, 4.69) is 0 Å². The van der Waals surface area contributed by atoms with Crippen LogP contribution in [0.4, 0.5) is 4.79 Å². The van der Waals surface area contributed by atoms with Crippen LogP contribution in [0.1, 0.15) is 20.8 Å². The molecule has 1 aromatic carbocycles. The molecular formula is C14H18O6S. The summed E-state index contributed by atoms with van der Waals surface area (Å²) in [6.45, 7) is 4.77. The second-order valence-electron chi connectivity index (χ2n) is 4.55. The van der Waals surface area contributed by atoms with Gasteiger partial charge in [0.15, 0.2) is 4.90 Å². The SMILES string of the molecule is CC(C)C(=O)O[C@@H](C)OC(=O)Oc1ccc([S+](C)[O-])cc1. The Morgan fingerprint density at radius 3 is 2.14 bits per heavy atom. The molecule has 6 nitrogen and oxygen atoms in total. The average molecular weight is 314 g/mol. The van der Waals surface area contributed by atoms with Crippen LogP contribution in [0.15, 0.2) is 29.2 Å². The van der Waals surface area contributed by atoms with E-state index < -0.39 is 29.6 Å². The van der Waals surface area contributed by atoms with E-state index in [4.69, 9.17) is 14.2 Å². The van der Waals surface area contributed by atoms with Crippen molar-refractivity contribution in [3.8, 4) is 5.75 Å². The van der Waals surface area contributed by atoms with Crippen molar-refractivity contribution in [3.05, 3.63) is 24.3 Å². The van der Waals surface area contributed by atoms with E-state index in [1.54, 1.807) is 32.2 Å². The van der Waals surface area contributed by atoms with Crippen molar-refractivity contribution in [2.45, 2.75) is 32.0 Å². The molecule has 0 aliphatic heterocycles. The fourth-order valence-corrected chi connectivity index (χ4v) is 1.80. The van der Waals surface area contributed by atoms with Gasteiger partial charge in [-0.1, -0.05) is 13.8 Å². The number of benzene rings is 1. The molecule has 0 aromatic heterocycles. The Kier molecular flexibility index (Phi) is 6.51. The third-order valence-electron chi connectivity index (χ3n) is 2.37. The molecule has 21 heavy (non-hydrogen) atoms. The topological polar surface area (TPSA) is 84.9 Å². The summed E-state index contributed by atoms with van der Waals surface area (Å²) in [4.78, 5) is 23.4. The maximum Gasteiger partial charge on any atom is 0.516 e. The van der Waals surface area contributed by atoms with Gasteiger partial charge in [0.1, 0.15) is 12.0 Å². The summed E-state index contributed by atoms with van der Waals surface area (Å²) in [5.41, 5.74) is 0. The fourth-order valence-electron chi connectivity index (χ4n) is 1.28. The number of carbonyl (C=O) groups is 2. The van der Waals surface area contributed by atoms with E-state index >= 15 is 0 Å². The average Bonchev–Trinajstić information content (AvgIpc) is 2.38. The standard InChI is InChI=1S/C14H18O6S/c1-9(2)13(15)18-10(3)19-14(16)20-11-5-7-12(8-6-11)21(4)17/h5-10H,1-4H3/t10-,21?/m1/s1. The lowest BCUT2D eigenvalue weighted by Gasteiger charge is -2.15. The van der Waals surface area contributed by atoms with Crippen molar-refractivity contribution in [1.82, 2.24) is 0 Å². The molecule has 1 unspecified atom stereocenters. The zero-order chi connectivity index (χ0) is 16.0. The van der Waals surface area contributed by atoms with E-state index in [1.807, 2.05) is 0 Å². The van der Waals surface area contributed by atoms with Gasteiger partial charge >= 0.3 is 12.1 Å². The first-order chi connectivity index (χ1) is 9.79. The van der Waals surface area contributed by atoms with Crippen molar-refractivity contribution >= 4 is 23.3 Å². The number of ether oxygens (including phenoxy) is 3. The Bertz CT molecular complexity index is 483. The van der Waals surface area contributed by atoms with E-state index in [-0.39, 0.29) is 11.7 Å². The maximum atomic E-state index is 11.5. The fraction of sp³-hybridized carbons (Fsp3) is 0.429. The first kappa shape index (κ1) is 17.3. The molecular weight excluding hydrogens is 296 g/mol. The molecule has 0 aliphatic rings. The molecule has 2 atom stereocenters. The summed E-state index contributed by atoms with van der Waals surface area (Å²) < 4.78 is 25.8. The van der Waals surface area contributed by atoms with Gasteiger partial charge in [-0.15, -0.1) is 0 Å². The maximum absolute atomic E-state index is 11.5. The summed E-state index contributed by atoms with van der Waals surface area (Å²) >= 11 is -1.10. The molecule has 1 aromatic rings. The minimum atomic E-state index is -1.10. The van der Waals surface area contributed by atoms with Crippen LogP contribution < -0.4 is 4.74 Å². The molecule has 0 aliphatic carbocycles. The van der Waals surface area contributed by atoms with Crippen molar-refractivity contribution in [3.63, 3.8) is 0 Å². The Labute approximate surface area is 126 Å². The quantitative estimate of drug-likeness (QED) is 0.359. The number of esters is 1. The van der Waals surface area contributed by atoms with Gasteiger partial charge in [0.2, 0.25) is 6.29 Å². The molecule has 0 saturated heterocycles. The van der Waals surface area contributed by atoms with E-state index in [0.29, 0.717) is 4.90 Å². The van der Waals surface area contributed by atoms with Crippen molar-refractivity contribution < 1.29 is 28.4 Å². The predicted octanol–water partition coefficient (Wildman–Crippen LogP) is 2.48. The molecule has 0 radical (unpaired) electrons. The monoisotopic (exact) mass is 314 g/mol. The molecule has 0 heterocycles. The summed E-state index contributed by atoms with van der Waals surface area (Å²) in [5, 5.41) is 0. The zero-order valence-corrected chi connectivity index (χ0v) is 13.1. The first-order valence-corrected chi connectivity index (χ1v) is 7.88. The lowest BCUT2D eigenvalue weighted by molar-refractivity contribution is -0.170. The Balaban J connectivity index is 2.48. The van der Waals surface area contributed by atoms with Crippen LogP contribution in [0.3, 0.4) is 0 Å². The second kappa shape index (κ2) is 7.90. The number of hydrogen-bond donors (Lipinski definition) is 0. The van der Waals surface area contributed by atoms with E-state index in [0.717, 1.165) is 0 Å². The Morgan fingerprint density at radius 1 is 1.10 bits per heavy atom. The summed E-state index contributed by atoms with van der Waals surface area (Å²) in [7, 11) is 0. The van der Waals surface area contributed by atoms with Gasteiger partial charge in [-0.05, 0) is 35.4 Å². The van der Waals surface area contributed by atoms with E-state index in [1.165, 1.54) is 19.1 Å². The third kappa shape index (κ3) is 6.05. The van der Waals surface area contributed by atoms with Crippen LogP contribution in [0.5, 0.6) is 5.75 Å². The van der Waals surface area contributed by atoms with Crippen LogP contribution >= 0.6 is 0 Å². The lowest BCUT2D eigenvalue weighted by atomic mass is 10.2. The summed E-state index contributed by atoms with van der Waals surface area (Å²) in [6, 6.07) is 6.17. The zero-order valence-electron chi connectivity index (χ0n) is 12.3. The largest absolute Gasteiger partial charge is 0.612 e. The predicted molar refractivity (Wildman–Crippen MR) is 76.3 cm³/mol. The summed E-state index contributed by atoms with van der Waals surface area (Å²) in [5.74, 6) is -0.531. The van der Waals surface area contributed by atoms with E-state index in [9.17, 15) is 14.1 Å². The highest BCUT2D eigenvalue weighted by Crippen LogP contribution is 2.16. The molecule has 0 bridgehead atoms. The molecule has 1 rings (SSSR count). The number of rotatable bonds is 5. The smallest absolute Gasteiger partial charge is 0.516 e. The molecule has 116 valence electrons. The van der Waals surface area contributed by atoms with Gasteiger partial charge in [-0.3, -0.25) is 4.79 Å². The molecule has 0 N–H and O–H groups in total. The van der Waals surface area contributed by atoms with Gasteiger partial charge in [-0.25, -0.2) is 4.79 Å². The van der Waals surface area contributed by atoms with Crippen molar-refractivity contribution in [2.24, 2.45) is 5.92 Å². The van der Waals surface area contributed by atoms with Crippen molar-refractivity contribution in [1.29, 1.82) is 0 Å². The van der Waals surface area contributed by atoms with Crippen LogP contribution in [-0.4, -0.2) is 29.2 Å². The molecule has 0 spiro atoms. The second-order valence-corrected chi connectivity index (χ2v) is 5.93. The van der Waals surface area contributed by atoms with Gasteiger partial charge in [0.25, 0.3) is 0 Å². The van der Waals surface area contributed by atoms with Gasteiger partial charge in [0.05, 0.1) is 5.92 Å². The number of carbonyl (C=O) groups excluding carboxylic acids is 2. The minimum absolute atomic E-state index is 0.247. The van der Waals surface area contributed by atoms with Crippen LogP contribution in [-0.2, 0) is 25.4 Å². The van der Waals surface area contributed by atoms with Crippen LogP contribution in [0.25, 0.3) is 0 Å². The lowest BCUT2D eigenvalue weighted by Crippen LogP contribution is -2.25. The number of hydrogen-bond acceptors (Lipinski definition) is 6. The van der Waals surface area contributed by atoms with Gasteiger partial charge in [-0.2, -0.15) is 0 Å².